The van der Waals surface area contributed by atoms with Crippen LogP contribution in [0.1, 0.15) is 25.3 Å². The van der Waals surface area contributed by atoms with Crippen molar-refractivity contribution in [2.24, 2.45) is 5.92 Å². The number of hydrogen-bond acceptors (Lipinski definition) is 2. The Labute approximate surface area is 122 Å². The van der Waals surface area contributed by atoms with Crippen molar-refractivity contribution in [1.29, 1.82) is 0 Å². The number of ether oxygens (including phenoxy) is 1. The van der Waals surface area contributed by atoms with Gasteiger partial charge in [0.1, 0.15) is 5.82 Å². The third kappa shape index (κ3) is 4.55. The fourth-order valence-electron chi connectivity index (χ4n) is 2.73. The molecule has 1 N–H and O–H groups in total. The van der Waals surface area contributed by atoms with Gasteiger partial charge in [-0.25, -0.2) is 4.39 Å². The number of rotatable bonds is 5. The Morgan fingerprint density at radius 3 is 2.95 bits per heavy atom. The number of benzene rings is 1. The average molecular weight is 330 g/mol. The smallest absolute Gasteiger partial charge is 0.124 e. The molecule has 4 heteroatoms. The van der Waals surface area contributed by atoms with Gasteiger partial charge in [-0.15, -0.1) is 0 Å². The third-order valence-corrected chi connectivity index (χ3v) is 4.07. The molecule has 1 aromatic carbocycles. The van der Waals surface area contributed by atoms with E-state index in [0.717, 1.165) is 42.6 Å². The van der Waals surface area contributed by atoms with Gasteiger partial charge in [-0.1, -0.05) is 22.9 Å². The summed E-state index contributed by atoms with van der Waals surface area (Å²) in [5.74, 6) is 0.343. The lowest BCUT2D eigenvalue weighted by Crippen LogP contribution is -2.41. The molecule has 0 aromatic heterocycles. The minimum Gasteiger partial charge on any atom is -0.381 e. The molecular weight excluding hydrogens is 309 g/mol. The van der Waals surface area contributed by atoms with E-state index in [-0.39, 0.29) is 5.82 Å². The highest BCUT2D eigenvalue weighted by Gasteiger charge is 2.23. The van der Waals surface area contributed by atoms with Crippen LogP contribution in [0.4, 0.5) is 4.39 Å². The SMILES string of the molecule is CCNC(Cc1cc(F)cc(Br)c1)C1CCCOC1. The van der Waals surface area contributed by atoms with Gasteiger partial charge >= 0.3 is 0 Å². The molecule has 2 atom stereocenters. The Morgan fingerprint density at radius 2 is 2.32 bits per heavy atom. The second kappa shape index (κ2) is 7.36. The Kier molecular flexibility index (Phi) is 5.79. The minimum absolute atomic E-state index is 0.181. The molecule has 0 radical (unpaired) electrons. The quantitative estimate of drug-likeness (QED) is 0.892. The topological polar surface area (TPSA) is 21.3 Å². The van der Waals surface area contributed by atoms with E-state index in [2.05, 4.69) is 28.2 Å². The van der Waals surface area contributed by atoms with Crippen LogP contribution in [0.3, 0.4) is 0 Å². The number of halogens is 2. The molecule has 106 valence electrons. The molecule has 0 saturated carbocycles. The van der Waals surface area contributed by atoms with Gasteiger partial charge in [0, 0.05) is 17.1 Å². The van der Waals surface area contributed by atoms with Crippen LogP contribution in [0.2, 0.25) is 0 Å². The summed E-state index contributed by atoms with van der Waals surface area (Å²) in [7, 11) is 0. The van der Waals surface area contributed by atoms with E-state index in [0.29, 0.717) is 12.0 Å². The summed E-state index contributed by atoms with van der Waals surface area (Å²) < 4.78 is 19.8. The van der Waals surface area contributed by atoms with Crippen molar-refractivity contribution in [2.45, 2.75) is 32.2 Å². The number of nitrogens with one attached hydrogen (secondary N) is 1. The van der Waals surface area contributed by atoms with Gasteiger partial charge in [-0.2, -0.15) is 0 Å². The summed E-state index contributed by atoms with van der Waals surface area (Å²) in [5, 5.41) is 3.52. The van der Waals surface area contributed by atoms with Crippen LogP contribution in [0, 0.1) is 11.7 Å². The highest BCUT2D eigenvalue weighted by atomic mass is 79.9. The maximum atomic E-state index is 13.4. The first-order valence-corrected chi connectivity index (χ1v) is 7.74. The third-order valence-electron chi connectivity index (χ3n) is 3.61. The molecule has 1 aliphatic heterocycles. The Balaban J connectivity index is 2.06. The summed E-state index contributed by atoms with van der Waals surface area (Å²) in [6.07, 6.45) is 3.16. The summed E-state index contributed by atoms with van der Waals surface area (Å²) in [6, 6.07) is 5.48. The molecule has 2 unspecified atom stereocenters. The molecular formula is C15H21BrFNO. The lowest BCUT2D eigenvalue weighted by atomic mass is 9.89. The van der Waals surface area contributed by atoms with Gasteiger partial charge in [0.15, 0.2) is 0 Å². The van der Waals surface area contributed by atoms with E-state index < -0.39 is 0 Å². The summed E-state index contributed by atoms with van der Waals surface area (Å²) in [6.45, 7) is 4.73. The zero-order valence-corrected chi connectivity index (χ0v) is 12.9. The van der Waals surface area contributed by atoms with Crippen LogP contribution < -0.4 is 5.32 Å². The average Bonchev–Trinajstić information content (AvgIpc) is 2.38. The maximum Gasteiger partial charge on any atom is 0.124 e. The molecule has 0 spiro atoms. The van der Waals surface area contributed by atoms with E-state index >= 15 is 0 Å². The predicted octanol–water partition coefficient (Wildman–Crippen LogP) is 3.54. The fraction of sp³-hybridized carbons (Fsp3) is 0.600. The second-order valence-corrected chi connectivity index (χ2v) is 6.04. The van der Waals surface area contributed by atoms with Gasteiger partial charge in [0.2, 0.25) is 0 Å². The summed E-state index contributed by atoms with van der Waals surface area (Å²) >= 11 is 3.35. The minimum atomic E-state index is -0.181. The van der Waals surface area contributed by atoms with Crippen molar-refractivity contribution < 1.29 is 9.13 Å². The summed E-state index contributed by atoms with van der Waals surface area (Å²) in [5.41, 5.74) is 1.03. The van der Waals surface area contributed by atoms with Crippen molar-refractivity contribution >= 4 is 15.9 Å². The first kappa shape index (κ1) is 14.9. The van der Waals surface area contributed by atoms with Gasteiger partial charge in [0.05, 0.1) is 6.61 Å². The standard InChI is InChI=1S/C15H21BrFNO/c1-2-18-15(12-4-3-5-19-10-12)8-11-6-13(16)9-14(17)7-11/h6-7,9,12,15,18H,2-5,8,10H2,1H3. The first-order chi connectivity index (χ1) is 9.19. The van der Waals surface area contributed by atoms with E-state index in [1.54, 1.807) is 6.07 Å². The molecule has 19 heavy (non-hydrogen) atoms. The molecule has 0 bridgehead atoms. The van der Waals surface area contributed by atoms with Crippen LogP contribution >= 0.6 is 15.9 Å². The Hall–Kier alpha value is -0.450. The highest BCUT2D eigenvalue weighted by molar-refractivity contribution is 9.10. The van der Waals surface area contributed by atoms with Crippen molar-refractivity contribution in [3.63, 3.8) is 0 Å². The van der Waals surface area contributed by atoms with Gasteiger partial charge in [-0.05, 0) is 55.5 Å². The van der Waals surface area contributed by atoms with Gasteiger partial charge in [0.25, 0.3) is 0 Å². The van der Waals surface area contributed by atoms with Crippen LogP contribution in [0.15, 0.2) is 22.7 Å². The number of hydrogen-bond donors (Lipinski definition) is 1. The zero-order valence-electron chi connectivity index (χ0n) is 11.3. The molecule has 0 aliphatic carbocycles. The largest absolute Gasteiger partial charge is 0.381 e. The second-order valence-electron chi connectivity index (χ2n) is 5.12. The van der Waals surface area contributed by atoms with Crippen LogP contribution in [0.25, 0.3) is 0 Å². The maximum absolute atomic E-state index is 13.4. The fourth-order valence-corrected chi connectivity index (χ4v) is 3.25. The Bertz CT molecular complexity index is 387. The molecule has 1 aromatic rings. The molecule has 1 saturated heterocycles. The van der Waals surface area contributed by atoms with E-state index in [1.807, 2.05) is 6.07 Å². The van der Waals surface area contributed by atoms with Crippen molar-refractivity contribution in [3.05, 3.63) is 34.1 Å². The van der Waals surface area contributed by atoms with E-state index in [4.69, 9.17) is 4.74 Å². The van der Waals surface area contributed by atoms with Crippen LogP contribution in [0.5, 0.6) is 0 Å². The molecule has 1 aliphatic rings. The first-order valence-electron chi connectivity index (χ1n) is 6.95. The Morgan fingerprint density at radius 1 is 1.47 bits per heavy atom. The lowest BCUT2D eigenvalue weighted by molar-refractivity contribution is 0.0396. The molecule has 1 heterocycles. The van der Waals surface area contributed by atoms with Crippen molar-refractivity contribution in [3.8, 4) is 0 Å². The van der Waals surface area contributed by atoms with Crippen molar-refractivity contribution in [1.82, 2.24) is 5.32 Å². The molecule has 2 rings (SSSR count). The normalized spacial score (nSPS) is 21.3. The monoisotopic (exact) mass is 329 g/mol. The molecule has 0 amide bonds. The lowest BCUT2D eigenvalue weighted by Gasteiger charge is -2.31. The number of likely N-dealkylation sites (N-methyl/N-ethyl adjacent to an activating group) is 1. The van der Waals surface area contributed by atoms with E-state index in [1.165, 1.54) is 12.5 Å². The van der Waals surface area contributed by atoms with E-state index in [9.17, 15) is 4.39 Å². The molecule has 1 fully saturated rings. The zero-order chi connectivity index (χ0) is 13.7. The summed E-state index contributed by atoms with van der Waals surface area (Å²) in [4.78, 5) is 0. The van der Waals surface area contributed by atoms with Gasteiger partial charge < -0.3 is 10.1 Å². The van der Waals surface area contributed by atoms with Crippen molar-refractivity contribution in [2.75, 3.05) is 19.8 Å². The predicted molar refractivity (Wildman–Crippen MR) is 78.8 cm³/mol. The molecule has 2 nitrogen and oxygen atoms in total. The van der Waals surface area contributed by atoms with Crippen LogP contribution in [-0.4, -0.2) is 25.8 Å². The van der Waals surface area contributed by atoms with Gasteiger partial charge in [-0.3, -0.25) is 0 Å². The van der Waals surface area contributed by atoms with Crippen LogP contribution in [-0.2, 0) is 11.2 Å². The highest BCUT2D eigenvalue weighted by Crippen LogP contribution is 2.22.